The summed E-state index contributed by atoms with van der Waals surface area (Å²) in [6.45, 7) is 2.28. The van der Waals surface area contributed by atoms with Gasteiger partial charge < -0.3 is 17.0 Å². The van der Waals surface area contributed by atoms with E-state index >= 15 is 0 Å². The summed E-state index contributed by atoms with van der Waals surface area (Å²) in [6, 6.07) is 0. The Morgan fingerprint density at radius 2 is 1.42 bits per heavy atom. The van der Waals surface area contributed by atoms with Gasteiger partial charge in [0.1, 0.15) is 12.4 Å². The van der Waals surface area contributed by atoms with Gasteiger partial charge in [-0.3, -0.25) is 0 Å². The molecule has 0 spiro atoms. The van der Waals surface area contributed by atoms with Gasteiger partial charge in [0.15, 0.2) is 0 Å². The Morgan fingerprint density at radius 1 is 0.895 bits per heavy atom. The van der Waals surface area contributed by atoms with Gasteiger partial charge in [-0.25, -0.2) is 9.55 Å². The molecule has 0 bridgehead atoms. The van der Waals surface area contributed by atoms with Gasteiger partial charge in [-0.1, -0.05) is 64.7 Å². The van der Waals surface area contributed by atoms with Crippen molar-refractivity contribution in [3.8, 4) is 0 Å². The molecule has 1 aromatic heterocycles. The summed E-state index contributed by atoms with van der Waals surface area (Å²) in [7, 11) is 2.11. The Bertz CT molecular complexity index is 297. The largest absolute Gasteiger partial charge is 1.00 e. The third kappa shape index (κ3) is 9.26. The number of hydrogen-bond donors (Lipinski definition) is 1. The number of aryl methyl sites for hydroxylation is 2. The van der Waals surface area contributed by atoms with Crippen molar-refractivity contribution in [3.05, 3.63) is 18.2 Å². The molecule has 0 aromatic carbocycles. The van der Waals surface area contributed by atoms with E-state index in [0.29, 0.717) is 0 Å². The Labute approximate surface area is 129 Å². The monoisotopic (exact) mass is 330 g/mol. The molecular weight excluding hydrogens is 300 g/mol. The number of imidazole rings is 1. The second-order valence-corrected chi connectivity index (χ2v) is 5.45. The number of halogens is 1. The molecule has 0 aliphatic carbocycles. The van der Waals surface area contributed by atoms with Gasteiger partial charge in [0.2, 0.25) is 0 Å². The molecule has 1 heterocycles. The molecule has 112 valence electrons. The second kappa shape index (κ2) is 12.7. The lowest BCUT2D eigenvalue weighted by Crippen LogP contribution is -3.00. The third-order valence-corrected chi connectivity index (χ3v) is 3.74. The number of H-pyrrole nitrogens is 1. The number of hydrogen-bond acceptors (Lipinski definition) is 0. The molecule has 3 heteroatoms. The van der Waals surface area contributed by atoms with Crippen LogP contribution in [0.5, 0.6) is 0 Å². The first-order chi connectivity index (χ1) is 8.84. The highest BCUT2D eigenvalue weighted by molar-refractivity contribution is 4.76. The summed E-state index contributed by atoms with van der Waals surface area (Å²) >= 11 is 0. The molecule has 0 aliphatic heterocycles. The SMILES string of the molecule is CCCCCCCCCCCCc1[nH]cc[n+]1C.[Br-]. The maximum Gasteiger partial charge on any atom is 0.253 e. The van der Waals surface area contributed by atoms with E-state index in [1.54, 1.807) is 0 Å². The van der Waals surface area contributed by atoms with E-state index < -0.39 is 0 Å². The fraction of sp³-hybridized carbons (Fsp3) is 0.812. The van der Waals surface area contributed by atoms with Crippen LogP contribution in [0.3, 0.4) is 0 Å². The van der Waals surface area contributed by atoms with E-state index in [9.17, 15) is 0 Å². The minimum absolute atomic E-state index is 0. The average molecular weight is 331 g/mol. The summed E-state index contributed by atoms with van der Waals surface area (Å²) in [5, 5.41) is 0. The van der Waals surface area contributed by atoms with Gasteiger partial charge >= 0.3 is 0 Å². The van der Waals surface area contributed by atoms with Crippen LogP contribution < -0.4 is 21.5 Å². The van der Waals surface area contributed by atoms with Crippen LogP contribution >= 0.6 is 0 Å². The molecule has 0 saturated heterocycles. The molecule has 0 radical (unpaired) electrons. The van der Waals surface area contributed by atoms with E-state index in [-0.39, 0.29) is 17.0 Å². The first-order valence-corrected chi connectivity index (χ1v) is 7.86. The van der Waals surface area contributed by atoms with Gasteiger partial charge in [-0.05, 0) is 6.42 Å². The van der Waals surface area contributed by atoms with Gasteiger partial charge in [0, 0.05) is 6.42 Å². The van der Waals surface area contributed by atoms with Crippen molar-refractivity contribution in [3.63, 3.8) is 0 Å². The maximum atomic E-state index is 3.30. The number of nitrogens with one attached hydrogen (secondary N) is 1. The minimum Gasteiger partial charge on any atom is -1.00 e. The van der Waals surface area contributed by atoms with Crippen LogP contribution in [0.4, 0.5) is 0 Å². The average Bonchev–Trinajstić information content (AvgIpc) is 2.77. The molecular formula is C16H31BrN2. The lowest BCUT2D eigenvalue weighted by Gasteiger charge is -2.01. The number of nitrogens with zero attached hydrogens (tertiary/aromatic N) is 1. The standard InChI is InChI=1S/C16H30N2.BrH/c1-3-4-5-6-7-8-9-10-11-12-13-16-17-14-15-18(16)2;/h14-15H,3-13H2,1-2H3;1H. The van der Waals surface area contributed by atoms with Crippen LogP contribution in [-0.2, 0) is 13.5 Å². The van der Waals surface area contributed by atoms with Crippen molar-refractivity contribution in [2.24, 2.45) is 7.05 Å². The molecule has 0 saturated carbocycles. The van der Waals surface area contributed by atoms with Crippen LogP contribution in [0.15, 0.2) is 12.4 Å². The highest BCUT2D eigenvalue weighted by atomic mass is 79.9. The van der Waals surface area contributed by atoms with Gasteiger partial charge in [0.05, 0.1) is 7.05 Å². The fourth-order valence-electron chi connectivity index (χ4n) is 2.47. The molecule has 0 aliphatic rings. The summed E-state index contributed by atoms with van der Waals surface area (Å²) in [5.41, 5.74) is 0. The van der Waals surface area contributed by atoms with E-state index in [0.717, 1.165) is 0 Å². The quantitative estimate of drug-likeness (QED) is 0.466. The zero-order chi connectivity index (χ0) is 13.1. The van der Waals surface area contributed by atoms with Crippen LogP contribution in [0.25, 0.3) is 0 Å². The molecule has 1 rings (SSSR count). The predicted molar refractivity (Wildman–Crippen MR) is 77.5 cm³/mol. The minimum atomic E-state index is 0. The topological polar surface area (TPSA) is 19.7 Å². The van der Waals surface area contributed by atoms with E-state index in [2.05, 4.69) is 29.7 Å². The summed E-state index contributed by atoms with van der Waals surface area (Å²) in [4.78, 5) is 3.30. The normalized spacial score (nSPS) is 10.4. The molecule has 0 amide bonds. The highest BCUT2D eigenvalue weighted by Crippen LogP contribution is 2.11. The zero-order valence-electron chi connectivity index (χ0n) is 12.8. The molecule has 0 unspecified atom stereocenters. The lowest BCUT2D eigenvalue weighted by molar-refractivity contribution is -0.677. The number of aromatic nitrogens is 2. The van der Waals surface area contributed by atoms with Crippen molar-refractivity contribution in [2.45, 2.75) is 77.6 Å². The molecule has 1 N–H and O–H groups in total. The first-order valence-electron chi connectivity index (χ1n) is 7.86. The van der Waals surface area contributed by atoms with Crippen LogP contribution in [0.2, 0.25) is 0 Å². The van der Waals surface area contributed by atoms with Gasteiger partial charge in [0.25, 0.3) is 5.82 Å². The highest BCUT2D eigenvalue weighted by Gasteiger charge is 2.04. The molecule has 1 aromatic rings. The second-order valence-electron chi connectivity index (χ2n) is 5.45. The summed E-state index contributed by atoms with van der Waals surface area (Å²) in [5.74, 6) is 1.36. The molecule has 19 heavy (non-hydrogen) atoms. The Morgan fingerprint density at radius 3 is 1.89 bits per heavy atom. The van der Waals surface area contributed by atoms with E-state index in [1.807, 2.05) is 6.20 Å². The Hall–Kier alpha value is -0.310. The number of unbranched alkanes of at least 4 members (excludes halogenated alkanes) is 9. The predicted octanol–water partition coefficient (Wildman–Crippen LogP) is 1.31. The maximum absolute atomic E-state index is 3.30. The van der Waals surface area contributed by atoms with E-state index in [4.69, 9.17) is 0 Å². The molecule has 0 fully saturated rings. The van der Waals surface area contributed by atoms with Crippen LogP contribution in [0, 0.1) is 0 Å². The lowest BCUT2D eigenvalue weighted by atomic mass is 10.1. The number of rotatable bonds is 11. The summed E-state index contributed by atoms with van der Waals surface area (Å²) in [6.07, 6.45) is 19.4. The molecule has 2 nitrogen and oxygen atoms in total. The van der Waals surface area contributed by atoms with Crippen molar-refractivity contribution in [1.82, 2.24) is 4.98 Å². The Kier molecular flexibility index (Phi) is 12.5. The zero-order valence-corrected chi connectivity index (χ0v) is 14.3. The smallest absolute Gasteiger partial charge is 0.253 e. The van der Waals surface area contributed by atoms with Crippen LogP contribution in [-0.4, -0.2) is 4.98 Å². The first kappa shape index (κ1) is 18.7. The fourth-order valence-corrected chi connectivity index (χ4v) is 2.47. The summed E-state index contributed by atoms with van der Waals surface area (Å²) < 4.78 is 2.19. The molecule has 0 atom stereocenters. The number of aromatic amines is 1. The van der Waals surface area contributed by atoms with Crippen molar-refractivity contribution in [2.75, 3.05) is 0 Å². The van der Waals surface area contributed by atoms with E-state index in [1.165, 1.54) is 76.5 Å². The Balaban J connectivity index is 0.00000324. The van der Waals surface area contributed by atoms with Crippen molar-refractivity contribution in [1.29, 1.82) is 0 Å². The van der Waals surface area contributed by atoms with Gasteiger partial charge in [-0.15, -0.1) is 0 Å². The van der Waals surface area contributed by atoms with Crippen molar-refractivity contribution < 1.29 is 21.5 Å². The van der Waals surface area contributed by atoms with Crippen LogP contribution in [0.1, 0.15) is 77.0 Å². The van der Waals surface area contributed by atoms with Crippen molar-refractivity contribution >= 4 is 0 Å². The van der Waals surface area contributed by atoms with Gasteiger partial charge in [-0.2, -0.15) is 0 Å². The third-order valence-electron chi connectivity index (χ3n) is 3.74.